The van der Waals surface area contributed by atoms with Gasteiger partial charge in [-0.15, -0.1) is 0 Å². The molecule has 0 bridgehead atoms. The summed E-state index contributed by atoms with van der Waals surface area (Å²) in [4.78, 5) is 45.7. The predicted octanol–water partition coefficient (Wildman–Crippen LogP) is 2.58. The molecule has 3 heterocycles. The highest BCUT2D eigenvalue weighted by Gasteiger charge is 2.27. The molecule has 0 saturated carbocycles. The molecule has 4 aromatic rings. The first-order valence-corrected chi connectivity index (χ1v) is 11.9. The van der Waals surface area contributed by atoms with E-state index in [-0.39, 0.29) is 12.3 Å². The van der Waals surface area contributed by atoms with Crippen molar-refractivity contribution in [2.45, 2.75) is 33.0 Å². The van der Waals surface area contributed by atoms with Crippen LogP contribution in [0.2, 0.25) is 0 Å². The summed E-state index contributed by atoms with van der Waals surface area (Å²) in [5.74, 6) is 0.694. The van der Waals surface area contributed by atoms with Gasteiger partial charge in [0.1, 0.15) is 18.9 Å². The first kappa shape index (κ1) is 23.4. The van der Waals surface area contributed by atoms with Gasteiger partial charge in [0.25, 0.3) is 5.56 Å². The number of fused-ring (bicyclic) bond motifs is 3. The van der Waals surface area contributed by atoms with E-state index in [1.165, 1.54) is 4.57 Å². The number of aromatic nitrogens is 4. The molecule has 0 N–H and O–H groups in total. The second kappa shape index (κ2) is 9.73. The van der Waals surface area contributed by atoms with E-state index < -0.39 is 23.8 Å². The molecule has 10 heteroatoms. The van der Waals surface area contributed by atoms with E-state index in [1.54, 1.807) is 7.05 Å². The number of hydrogen-bond donors (Lipinski definition) is 0. The highest BCUT2D eigenvalue weighted by molar-refractivity contribution is 5.77. The number of carbonyl (C=O) groups is 1. The zero-order valence-corrected chi connectivity index (χ0v) is 20.2. The van der Waals surface area contributed by atoms with Gasteiger partial charge in [0, 0.05) is 25.8 Å². The van der Waals surface area contributed by atoms with E-state index in [2.05, 4.69) is 4.98 Å². The van der Waals surface area contributed by atoms with Gasteiger partial charge in [-0.3, -0.25) is 14.2 Å². The molecule has 2 aromatic carbocycles. The summed E-state index contributed by atoms with van der Waals surface area (Å²) in [5, 5.41) is 0. The number of benzene rings is 2. The molecule has 0 saturated heterocycles. The third-order valence-corrected chi connectivity index (χ3v) is 6.21. The molecule has 0 amide bonds. The van der Waals surface area contributed by atoms with Crippen LogP contribution in [0.25, 0.3) is 11.2 Å². The Morgan fingerprint density at radius 2 is 1.78 bits per heavy atom. The lowest BCUT2D eigenvalue weighted by atomic mass is 10.2. The van der Waals surface area contributed by atoms with Crippen LogP contribution < -0.4 is 20.9 Å². The van der Waals surface area contributed by atoms with E-state index in [4.69, 9.17) is 9.47 Å². The molecule has 0 radical (unpaired) electrons. The van der Waals surface area contributed by atoms with E-state index >= 15 is 0 Å². The summed E-state index contributed by atoms with van der Waals surface area (Å²) in [5.41, 5.74) is 1.12. The highest BCUT2D eigenvalue weighted by atomic mass is 16.5. The first-order chi connectivity index (χ1) is 17.5. The molecule has 36 heavy (non-hydrogen) atoms. The van der Waals surface area contributed by atoms with E-state index in [0.717, 1.165) is 28.0 Å². The summed E-state index contributed by atoms with van der Waals surface area (Å²) in [6.45, 7) is 3.39. The maximum Gasteiger partial charge on any atom is 0.333 e. The number of aryl methyl sites for hydroxylation is 2. The minimum absolute atomic E-state index is 0.0656. The minimum Gasteiger partial charge on any atom is -0.494 e. The molecular formula is C26H27N5O5. The first-order valence-electron chi connectivity index (χ1n) is 11.9. The van der Waals surface area contributed by atoms with E-state index in [1.807, 2.05) is 71.0 Å². The summed E-state index contributed by atoms with van der Waals surface area (Å²) in [6.07, 6.45) is 0.785. The van der Waals surface area contributed by atoms with Crippen LogP contribution in [-0.2, 0) is 36.3 Å². The fraction of sp³-hybridized carbons (Fsp3) is 0.308. The van der Waals surface area contributed by atoms with Crippen molar-refractivity contribution in [3.8, 4) is 5.75 Å². The zero-order valence-electron chi connectivity index (χ0n) is 20.2. The Labute approximate surface area is 206 Å². The van der Waals surface area contributed by atoms with Crippen molar-refractivity contribution < 1.29 is 14.3 Å². The number of rotatable bonds is 7. The topological polar surface area (TPSA) is 101 Å². The van der Waals surface area contributed by atoms with Gasteiger partial charge in [0.2, 0.25) is 5.95 Å². The number of nitrogens with zero attached hydrogens (tertiary/aromatic N) is 5. The molecule has 0 fully saturated rings. The number of anilines is 2. The van der Waals surface area contributed by atoms with Crippen LogP contribution in [0.5, 0.6) is 5.75 Å². The van der Waals surface area contributed by atoms with Crippen molar-refractivity contribution >= 4 is 28.8 Å². The third kappa shape index (κ3) is 4.26. The Bertz CT molecular complexity index is 1520. The maximum absolute atomic E-state index is 13.5. The van der Waals surface area contributed by atoms with Gasteiger partial charge in [-0.25, -0.2) is 9.36 Å². The van der Waals surface area contributed by atoms with Gasteiger partial charge in [0.15, 0.2) is 11.2 Å². The average Bonchev–Trinajstić information content (AvgIpc) is 3.30. The standard InChI is InChI=1S/C26H27N5O5/c1-3-35-20-12-10-19(11-13-20)29-14-7-15-30-22-23(27-25(29)30)28(2)26(34)31(24(22)33)16-21(32)36-17-18-8-5-4-6-9-18/h4-6,8-13H,3,7,14-17H2,1-2H3. The smallest absolute Gasteiger partial charge is 0.333 e. The summed E-state index contributed by atoms with van der Waals surface area (Å²) < 4.78 is 14.9. The van der Waals surface area contributed by atoms with Gasteiger partial charge in [-0.1, -0.05) is 30.3 Å². The fourth-order valence-electron chi connectivity index (χ4n) is 4.45. The van der Waals surface area contributed by atoms with Gasteiger partial charge >= 0.3 is 11.7 Å². The van der Waals surface area contributed by atoms with Crippen molar-refractivity contribution in [2.75, 3.05) is 18.1 Å². The molecule has 0 aliphatic carbocycles. The average molecular weight is 490 g/mol. The third-order valence-electron chi connectivity index (χ3n) is 6.21. The van der Waals surface area contributed by atoms with Crippen molar-refractivity contribution in [1.82, 2.24) is 18.7 Å². The number of hydrogen-bond acceptors (Lipinski definition) is 7. The zero-order chi connectivity index (χ0) is 25.2. The lowest BCUT2D eigenvalue weighted by molar-refractivity contribution is -0.145. The van der Waals surface area contributed by atoms with Crippen LogP contribution in [0.3, 0.4) is 0 Å². The second-order valence-electron chi connectivity index (χ2n) is 8.55. The molecule has 0 spiro atoms. The minimum atomic E-state index is -0.660. The quantitative estimate of drug-likeness (QED) is 0.368. The van der Waals surface area contributed by atoms with Gasteiger partial charge in [-0.05, 0) is 43.2 Å². The van der Waals surface area contributed by atoms with Crippen molar-refractivity contribution in [3.05, 3.63) is 81.0 Å². The lowest BCUT2D eigenvalue weighted by Crippen LogP contribution is -2.41. The molecule has 0 atom stereocenters. The lowest BCUT2D eigenvalue weighted by Gasteiger charge is -2.29. The van der Waals surface area contributed by atoms with Crippen molar-refractivity contribution in [3.63, 3.8) is 0 Å². The molecule has 1 aliphatic heterocycles. The normalized spacial score (nSPS) is 13.0. The van der Waals surface area contributed by atoms with Crippen LogP contribution >= 0.6 is 0 Å². The number of carbonyl (C=O) groups excluding carboxylic acids is 1. The SMILES string of the molecule is CCOc1ccc(N2CCCn3c2nc2c3c(=O)n(CC(=O)OCc3ccccc3)c(=O)n2C)cc1. The summed E-state index contributed by atoms with van der Waals surface area (Å²) >= 11 is 0. The van der Waals surface area contributed by atoms with Crippen LogP contribution in [0.15, 0.2) is 64.2 Å². The van der Waals surface area contributed by atoms with Crippen LogP contribution in [0.4, 0.5) is 11.6 Å². The number of ether oxygens (including phenoxy) is 2. The Balaban J connectivity index is 1.49. The van der Waals surface area contributed by atoms with Crippen molar-refractivity contribution in [1.29, 1.82) is 0 Å². The van der Waals surface area contributed by atoms with E-state index in [9.17, 15) is 14.4 Å². The molecule has 1 aliphatic rings. The predicted molar refractivity (Wildman–Crippen MR) is 135 cm³/mol. The summed E-state index contributed by atoms with van der Waals surface area (Å²) in [7, 11) is 1.55. The molecule has 2 aromatic heterocycles. The highest BCUT2D eigenvalue weighted by Crippen LogP contribution is 2.31. The monoisotopic (exact) mass is 489 g/mol. The second-order valence-corrected chi connectivity index (χ2v) is 8.55. The fourth-order valence-corrected chi connectivity index (χ4v) is 4.45. The number of imidazole rings is 1. The summed E-state index contributed by atoms with van der Waals surface area (Å²) in [6, 6.07) is 16.9. The maximum atomic E-state index is 13.5. The Morgan fingerprint density at radius 3 is 2.50 bits per heavy atom. The Morgan fingerprint density at radius 1 is 1.03 bits per heavy atom. The molecule has 0 unspecified atom stereocenters. The van der Waals surface area contributed by atoms with Gasteiger partial charge in [0.05, 0.1) is 6.61 Å². The molecule has 10 nitrogen and oxygen atoms in total. The van der Waals surface area contributed by atoms with Crippen LogP contribution in [-0.4, -0.2) is 37.8 Å². The Kier molecular flexibility index (Phi) is 6.32. The van der Waals surface area contributed by atoms with Gasteiger partial charge < -0.3 is 18.9 Å². The molecular weight excluding hydrogens is 462 g/mol. The number of esters is 1. The Hall–Kier alpha value is -4.34. The largest absolute Gasteiger partial charge is 0.494 e. The van der Waals surface area contributed by atoms with Crippen LogP contribution in [0, 0.1) is 0 Å². The van der Waals surface area contributed by atoms with Crippen LogP contribution in [0.1, 0.15) is 18.9 Å². The molecule has 186 valence electrons. The molecule has 5 rings (SSSR count). The van der Waals surface area contributed by atoms with E-state index in [0.29, 0.717) is 31.2 Å². The van der Waals surface area contributed by atoms with Crippen molar-refractivity contribution in [2.24, 2.45) is 7.05 Å². The van der Waals surface area contributed by atoms with Gasteiger partial charge in [-0.2, -0.15) is 4.98 Å².